The number of hydrogen-bond donors (Lipinski definition) is 8. The van der Waals surface area contributed by atoms with E-state index >= 15 is 0 Å². The summed E-state index contributed by atoms with van der Waals surface area (Å²) in [5, 5.41) is 44.5. The van der Waals surface area contributed by atoms with Crippen molar-refractivity contribution in [2.75, 3.05) is 6.61 Å². The van der Waals surface area contributed by atoms with Crippen LogP contribution in [0.4, 0.5) is 0 Å². The van der Waals surface area contributed by atoms with Crippen molar-refractivity contribution in [3.8, 4) is 5.75 Å². The lowest BCUT2D eigenvalue weighted by Gasteiger charge is -2.27. The molecule has 0 saturated heterocycles. The fraction of sp³-hybridized carbons (Fsp3) is 0.524. The molecule has 0 heterocycles. The van der Waals surface area contributed by atoms with Gasteiger partial charge in [-0.05, 0) is 30.5 Å². The van der Waals surface area contributed by atoms with Gasteiger partial charge in [0.1, 0.15) is 23.9 Å². The van der Waals surface area contributed by atoms with E-state index in [0.29, 0.717) is 5.56 Å². The lowest BCUT2D eigenvalue weighted by molar-refractivity contribution is -0.145. The van der Waals surface area contributed by atoms with Gasteiger partial charge in [0.2, 0.25) is 17.7 Å². The Morgan fingerprint density at radius 3 is 1.91 bits per heavy atom. The first-order chi connectivity index (χ1) is 15.4. The molecule has 0 saturated carbocycles. The molecule has 1 rings (SSSR count). The highest BCUT2D eigenvalue weighted by atomic mass is 16.4. The van der Waals surface area contributed by atoms with Crippen LogP contribution in [0.2, 0.25) is 0 Å². The molecule has 9 N–H and O–H groups in total. The zero-order valence-electron chi connectivity index (χ0n) is 18.7. The minimum absolute atomic E-state index is 0.00808. The van der Waals surface area contributed by atoms with Crippen molar-refractivity contribution in [1.82, 2.24) is 16.0 Å². The van der Waals surface area contributed by atoms with Gasteiger partial charge in [-0.25, -0.2) is 4.79 Å². The van der Waals surface area contributed by atoms with Gasteiger partial charge < -0.3 is 42.1 Å². The molecule has 0 aromatic heterocycles. The summed E-state index contributed by atoms with van der Waals surface area (Å²) < 4.78 is 0. The third-order valence-electron chi connectivity index (χ3n) is 4.84. The summed E-state index contributed by atoms with van der Waals surface area (Å²) in [5.74, 6) is -4.27. The van der Waals surface area contributed by atoms with Crippen molar-refractivity contribution in [2.45, 2.75) is 57.5 Å². The first kappa shape index (κ1) is 27.8. The van der Waals surface area contributed by atoms with Crippen LogP contribution >= 0.6 is 0 Å². The second-order valence-corrected chi connectivity index (χ2v) is 8.02. The molecule has 12 nitrogen and oxygen atoms in total. The molecule has 5 atom stereocenters. The van der Waals surface area contributed by atoms with Crippen LogP contribution < -0.4 is 21.7 Å². The Labute approximate surface area is 191 Å². The number of phenols is 1. The Kier molecular flexibility index (Phi) is 10.7. The average Bonchev–Trinajstić information content (AvgIpc) is 2.74. The Balaban J connectivity index is 3.08. The Morgan fingerprint density at radius 2 is 1.45 bits per heavy atom. The Morgan fingerprint density at radius 1 is 0.909 bits per heavy atom. The number of rotatable bonds is 12. The smallest absolute Gasteiger partial charge is 0.328 e. The van der Waals surface area contributed by atoms with Crippen LogP contribution in [0.3, 0.4) is 0 Å². The van der Waals surface area contributed by atoms with Gasteiger partial charge in [-0.15, -0.1) is 0 Å². The van der Waals surface area contributed by atoms with Gasteiger partial charge in [-0.2, -0.15) is 0 Å². The molecule has 12 heteroatoms. The maximum Gasteiger partial charge on any atom is 0.328 e. The number of carbonyl (C=O) groups excluding carboxylic acids is 3. The molecule has 1 aromatic carbocycles. The summed E-state index contributed by atoms with van der Waals surface area (Å²) in [6, 6.07) is 0.666. The van der Waals surface area contributed by atoms with Crippen LogP contribution in [0.1, 0.15) is 26.3 Å². The highest BCUT2D eigenvalue weighted by Crippen LogP contribution is 2.12. The Hall–Kier alpha value is -3.22. The lowest BCUT2D eigenvalue weighted by atomic mass is 10.00. The van der Waals surface area contributed by atoms with Gasteiger partial charge in [0.15, 0.2) is 6.04 Å². The van der Waals surface area contributed by atoms with E-state index in [-0.39, 0.29) is 12.2 Å². The largest absolute Gasteiger partial charge is 0.508 e. The predicted octanol–water partition coefficient (Wildman–Crippen LogP) is -2.17. The number of amides is 3. The number of nitrogens with one attached hydrogen (secondary N) is 3. The lowest BCUT2D eigenvalue weighted by Crippen LogP contribution is -2.60. The Bertz CT molecular complexity index is 828. The molecule has 0 radical (unpaired) electrons. The highest BCUT2D eigenvalue weighted by molar-refractivity contribution is 5.94. The van der Waals surface area contributed by atoms with E-state index in [1.54, 1.807) is 26.0 Å². The molecule has 33 heavy (non-hydrogen) atoms. The maximum absolute atomic E-state index is 13.0. The molecule has 0 fully saturated rings. The van der Waals surface area contributed by atoms with E-state index in [2.05, 4.69) is 16.0 Å². The molecule has 0 aliphatic carbocycles. The SMILES string of the molecule is CC(C)C(NC(=O)C(Cc1ccc(O)cc1)NC(=O)C(N)CO)C(=O)NC(C(=O)O)C(C)O. The fourth-order valence-corrected chi connectivity index (χ4v) is 2.86. The summed E-state index contributed by atoms with van der Waals surface area (Å²) in [6.07, 6.45) is -1.40. The number of aliphatic hydroxyl groups is 2. The quantitative estimate of drug-likeness (QED) is 0.167. The van der Waals surface area contributed by atoms with E-state index < -0.39 is 66.5 Å². The molecular formula is C21H32N4O8. The van der Waals surface area contributed by atoms with E-state index in [0.717, 1.165) is 0 Å². The zero-order chi connectivity index (χ0) is 25.3. The number of phenolic OH excluding ortho intramolecular Hbond substituents is 1. The van der Waals surface area contributed by atoms with Crippen molar-refractivity contribution in [1.29, 1.82) is 0 Å². The normalized spacial score (nSPS) is 15.6. The van der Waals surface area contributed by atoms with Crippen molar-refractivity contribution in [3.05, 3.63) is 29.8 Å². The molecule has 0 aliphatic heterocycles. The second kappa shape index (κ2) is 12.7. The van der Waals surface area contributed by atoms with Gasteiger partial charge in [0.05, 0.1) is 12.7 Å². The predicted molar refractivity (Wildman–Crippen MR) is 117 cm³/mol. The standard InChI is InChI=1S/C21H32N4O8/c1-10(2)16(20(31)25-17(11(3)27)21(32)33)24-19(30)15(23-18(29)14(22)9-26)8-12-4-6-13(28)7-5-12/h4-7,10-11,14-17,26-28H,8-9,22H2,1-3H3,(H,23,29)(H,24,30)(H,25,31)(H,32,33). The van der Waals surface area contributed by atoms with E-state index in [1.807, 2.05) is 0 Å². The van der Waals surface area contributed by atoms with E-state index in [9.17, 15) is 34.5 Å². The third-order valence-corrected chi connectivity index (χ3v) is 4.84. The van der Waals surface area contributed by atoms with E-state index in [4.69, 9.17) is 10.8 Å². The molecule has 184 valence electrons. The fourth-order valence-electron chi connectivity index (χ4n) is 2.86. The first-order valence-electron chi connectivity index (χ1n) is 10.3. The number of hydrogen-bond acceptors (Lipinski definition) is 8. The second-order valence-electron chi connectivity index (χ2n) is 8.02. The maximum atomic E-state index is 13.0. The van der Waals surface area contributed by atoms with Gasteiger partial charge in [0.25, 0.3) is 0 Å². The van der Waals surface area contributed by atoms with E-state index in [1.165, 1.54) is 19.1 Å². The molecule has 0 aliphatic rings. The number of carboxylic acids is 1. The van der Waals surface area contributed by atoms with Crippen LogP contribution in [0.15, 0.2) is 24.3 Å². The minimum Gasteiger partial charge on any atom is -0.508 e. The summed E-state index contributed by atoms with van der Waals surface area (Å²) in [6.45, 7) is 3.80. The number of carbonyl (C=O) groups is 4. The van der Waals surface area contributed by atoms with Gasteiger partial charge in [-0.3, -0.25) is 14.4 Å². The van der Waals surface area contributed by atoms with Crippen molar-refractivity contribution < 1.29 is 39.6 Å². The summed E-state index contributed by atoms with van der Waals surface area (Å²) in [4.78, 5) is 49.1. The van der Waals surface area contributed by atoms with Gasteiger partial charge >= 0.3 is 5.97 Å². The van der Waals surface area contributed by atoms with Crippen LogP contribution in [-0.4, -0.2) is 81.0 Å². The first-order valence-corrected chi connectivity index (χ1v) is 10.3. The number of benzene rings is 1. The van der Waals surface area contributed by atoms with Gasteiger partial charge in [0, 0.05) is 6.42 Å². The molecule has 1 aromatic rings. The molecule has 0 bridgehead atoms. The van der Waals surface area contributed by atoms with Crippen molar-refractivity contribution >= 4 is 23.7 Å². The van der Waals surface area contributed by atoms with Crippen LogP contribution in [0.25, 0.3) is 0 Å². The molecule has 3 amide bonds. The van der Waals surface area contributed by atoms with Crippen molar-refractivity contribution in [2.24, 2.45) is 11.7 Å². The summed E-state index contributed by atoms with van der Waals surface area (Å²) in [5.41, 5.74) is 6.10. The molecule has 0 spiro atoms. The topological polar surface area (TPSA) is 211 Å². The number of aliphatic carboxylic acids is 1. The third kappa shape index (κ3) is 8.67. The minimum atomic E-state index is -1.58. The van der Waals surface area contributed by atoms with Gasteiger partial charge in [-0.1, -0.05) is 26.0 Å². The molecular weight excluding hydrogens is 436 g/mol. The molecule has 5 unspecified atom stereocenters. The number of aromatic hydroxyl groups is 1. The number of carboxylic acid groups (broad SMARTS) is 1. The summed E-state index contributed by atoms with van der Waals surface area (Å²) >= 11 is 0. The average molecular weight is 469 g/mol. The summed E-state index contributed by atoms with van der Waals surface area (Å²) in [7, 11) is 0. The highest BCUT2D eigenvalue weighted by Gasteiger charge is 2.33. The van der Waals surface area contributed by atoms with Crippen LogP contribution in [0, 0.1) is 5.92 Å². The number of nitrogens with two attached hydrogens (primary N) is 1. The van der Waals surface area contributed by atoms with Crippen LogP contribution in [-0.2, 0) is 25.6 Å². The monoisotopic (exact) mass is 468 g/mol. The zero-order valence-corrected chi connectivity index (χ0v) is 18.7. The van der Waals surface area contributed by atoms with Crippen LogP contribution in [0.5, 0.6) is 5.75 Å². The number of aliphatic hydroxyl groups excluding tert-OH is 2. The van der Waals surface area contributed by atoms with Crippen molar-refractivity contribution in [3.63, 3.8) is 0 Å².